The third-order valence-electron chi connectivity index (χ3n) is 12.8. The smallest absolute Gasteiger partial charge is 1.00 e. The number of halogens is 10. The van der Waals surface area contributed by atoms with Gasteiger partial charge in [-0.3, -0.25) is 39.0 Å². The van der Waals surface area contributed by atoms with Crippen molar-refractivity contribution in [3.05, 3.63) is 200 Å². The van der Waals surface area contributed by atoms with Gasteiger partial charge in [0.15, 0.2) is 11.4 Å². The molecule has 0 fully saturated rings. The summed E-state index contributed by atoms with van der Waals surface area (Å²) in [5.41, 5.74) is 9.46. The molecule has 10 rings (SSSR count). The number of carbonyl (C=O) groups is 4. The summed E-state index contributed by atoms with van der Waals surface area (Å²) in [4.78, 5) is 62.6. The largest absolute Gasteiger partial charge is 1.00 e. The number of nitrogens with two attached hydrogens (primary N) is 1. The first-order chi connectivity index (χ1) is 44.6. The van der Waals surface area contributed by atoms with E-state index >= 15 is 0 Å². The number of esters is 2. The van der Waals surface area contributed by atoms with Crippen molar-refractivity contribution >= 4 is 74.4 Å². The molecule has 96 heavy (non-hydrogen) atoms. The second kappa shape index (κ2) is 36.7. The number of fused-ring (bicyclic) bond motifs is 3. The molecule has 0 aliphatic heterocycles. The molecule has 0 spiro atoms. The zero-order chi connectivity index (χ0) is 69.1. The number of H-pyrrole nitrogens is 1. The monoisotopic (exact) mass is 1400 g/mol. The van der Waals surface area contributed by atoms with E-state index in [1.807, 2.05) is 19.1 Å². The molecule has 3 aromatic carbocycles. The van der Waals surface area contributed by atoms with E-state index in [0.717, 1.165) is 53.5 Å². The molecule has 0 aliphatic carbocycles. The number of aromatic nitrogens is 10. The fourth-order valence-electron chi connectivity index (χ4n) is 8.51. The van der Waals surface area contributed by atoms with Crippen LogP contribution in [0.15, 0.2) is 116 Å². The van der Waals surface area contributed by atoms with E-state index in [4.69, 9.17) is 42.6 Å². The summed E-state index contributed by atoms with van der Waals surface area (Å²) >= 11 is 5.61. The van der Waals surface area contributed by atoms with Crippen molar-refractivity contribution in [3.8, 4) is 18.2 Å². The number of rotatable bonds is 13. The van der Waals surface area contributed by atoms with Crippen molar-refractivity contribution in [2.24, 2.45) is 0 Å². The van der Waals surface area contributed by atoms with Crippen LogP contribution in [0.25, 0.3) is 32.7 Å². The van der Waals surface area contributed by atoms with Crippen molar-refractivity contribution in [1.82, 2.24) is 55.0 Å². The van der Waals surface area contributed by atoms with Gasteiger partial charge in [-0.05, 0) is 116 Å². The Balaban J connectivity index is 0.000000349. The molecule has 0 radical (unpaired) electrons. The number of nitrogens with one attached hydrogen (secondary N) is 2. The van der Waals surface area contributed by atoms with E-state index < -0.39 is 53.1 Å². The van der Waals surface area contributed by atoms with E-state index in [0.29, 0.717) is 55.3 Å². The summed E-state index contributed by atoms with van der Waals surface area (Å²) in [5, 5.41) is 53.5. The van der Waals surface area contributed by atoms with Crippen LogP contribution in [-0.2, 0) is 63.2 Å². The van der Waals surface area contributed by atoms with E-state index in [9.17, 15) is 59.2 Å². The maximum absolute atomic E-state index is 13.0. The molecule has 0 aliphatic rings. The zero-order valence-corrected chi connectivity index (χ0v) is 58.3. The van der Waals surface area contributed by atoms with Crippen molar-refractivity contribution < 1.29 is 183 Å². The normalized spacial score (nSPS) is 10.7. The Labute approximate surface area is 630 Å². The van der Waals surface area contributed by atoms with E-state index in [-0.39, 0.29) is 183 Å². The van der Waals surface area contributed by atoms with Gasteiger partial charge in [-0.25, -0.2) is 14.6 Å². The molecule has 7 heterocycles. The second-order valence-electron chi connectivity index (χ2n) is 19.3. The topological polar surface area (TPSA) is 344 Å². The van der Waals surface area contributed by atoms with Crippen LogP contribution >= 0.6 is 11.6 Å². The molecule has 0 saturated heterocycles. The predicted molar refractivity (Wildman–Crippen MR) is 315 cm³/mol. The summed E-state index contributed by atoms with van der Waals surface area (Å²) in [6.45, 7) is 7.77. The molecular formula is C61H49ClF9K2N15O8. The standard InChI is InChI=1S/C24H20F3N7O.C18H13F3N4O2.C11H7ClF3N.C7H7N3O2.CH2O3.2K.H/c1-13-5-22(29)32-14(2)18(13)10-31-23(35)19-12-34(33-21(19)8-28)11-15-3-4-20-16(6-15)7-17(9-30-20)24(25,26)27;1-2-27-17(26)14-10-25(24-16(14)7-22)9-11-3-4-15-12(5-11)6-13(8-23-15)18(19,20)21;12-5-7-1-2-10-8(3-7)4-9(6-16-10)11(13,14)15;1-2-12-7(11)5-4-9-10-6(5)3-8;2-1-4-3;;;/h3-7,9,12H,10-11H2,1-2H3,(H2,29,32)(H,31,35);3-6,8,10H,2,9H2,1H3;1-4,6H,5H2;4H,2H2,1H3,(H,9,10);1,3H;;;/q;;;;;2*+1;-1/p-1. The van der Waals surface area contributed by atoms with Gasteiger partial charge >= 0.3 is 133 Å². The molecule has 23 nitrogen and oxygen atoms in total. The molecule has 488 valence electrons. The first kappa shape index (κ1) is 80.1. The number of aromatic amines is 1. The van der Waals surface area contributed by atoms with Gasteiger partial charge in [-0.15, -0.1) is 11.6 Å². The first-order valence-electron chi connectivity index (χ1n) is 27.0. The van der Waals surface area contributed by atoms with Crippen molar-refractivity contribution in [2.75, 3.05) is 18.9 Å². The van der Waals surface area contributed by atoms with E-state index in [2.05, 4.69) is 55.3 Å². The minimum Gasteiger partial charge on any atom is -1.00 e. The number of nitrogen functional groups attached to an aromatic ring is 1. The number of hydrogen-bond acceptors (Lipinski definition) is 19. The number of alkyl halides is 10. The molecule has 1 amide bonds. The number of nitrogens with zero attached hydrogens (tertiary/aromatic N) is 12. The quantitative estimate of drug-likeness (QED) is 0.0273. The van der Waals surface area contributed by atoms with Crippen LogP contribution in [0.5, 0.6) is 0 Å². The van der Waals surface area contributed by atoms with Gasteiger partial charge in [0.2, 0.25) is 0 Å². The van der Waals surface area contributed by atoms with Gasteiger partial charge in [0.25, 0.3) is 12.4 Å². The Bertz CT molecular complexity index is 4510. The van der Waals surface area contributed by atoms with Crippen molar-refractivity contribution in [3.63, 3.8) is 0 Å². The van der Waals surface area contributed by atoms with Gasteiger partial charge in [-0.2, -0.15) is 70.6 Å². The minimum atomic E-state index is -4.50. The summed E-state index contributed by atoms with van der Waals surface area (Å²) in [7, 11) is 0. The minimum absolute atomic E-state index is 0. The number of anilines is 1. The maximum Gasteiger partial charge on any atom is 1.00 e. The van der Waals surface area contributed by atoms with Gasteiger partial charge in [0.1, 0.15) is 40.8 Å². The van der Waals surface area contributed by atoms with Crippen LogP contribution in [0, 0.1) is 47.8 Å². The van der Waals surface area contributed by atoms with Crippen molar-refractivity contribution in [2.45, 2.75) is 71.7 Å². The molecule has 35 heteroatoms. The third kappa shape index (κ3) is 22.4. The molecule has 0 bridgehead atoms. The fraction of sp³-hybridized carbons (Fsp3) is 0.213. The van der Waals surface area contributed by atoms with Crippen LogP contribution in [-0.4, -0.2) is 87.2 Å². The molecule has 10 aromatic rings. The van der Waals surface area contributed by atoms with Crippen LogP contribution in [0.2, 0.25) is 0 Å². The number of aryl methyl sites for hydroxylation is 2. The second-order valence-corrected chi connectivity index (χ2v) is 19.6. The Hall–Kier alpha value is -8.29. The van der Waals surface area contributed by atoms with Gasteiger partial charge in [0.05, 0.1) is 71.3 Å². The van der Waals surface area contributed by atoms with E-state index in [1.54, 1.807) is 87.5 Å². The molecule has 0 atom stereocenters. The van der Waals surface area contributed by atoms with E-state index in [1.165, 1.54) is 28.0 Å². The number of carbonyl (C=O) groups excluding carboxylic acids is 4. The van der Waals surface area contributed by atoms with Gasteiger partial charge < -0.3 is 32.1 Å². The Morgan fingerprint density at radius 3 is 1.47 bits per heavy atom. The Morgan fingerprint density at radius 2 is 1.07 bits per heavy atom. The van der Waals surface area contributed by atoms with Crippen LogP contribution in [0.1, 0.15) is 114 Å². The molecule has 0 unspecified atom stereocenters. The summed E-state index contributed by atoms with van der Waals surface area (Å²) < 4.78 is 127. The van der Waals surface area contributed by atoms with Crippen LogP contribution in [0.3, 0.4) is 0 Å². The Kier molecular flexibility index (Phi) is 30.7. The zero-order valence-electron chi connectivity index (χ0n) is 52.3. The van der Waals surface area contributed by atoms with Gasteiger partial charge in [-0.1, -0.05) is 18.2 Å². The van der Waals surface area contributed by atoms with Gasteiger partial charge in [0, 0.05) is 65.3 Å². The molecule has 4 N–H and O–H groups in total. The molecular weight excluding hydrogens is 1360 g/mol. The predicted octanol–water partition coefficient (Wildman–Crippen LogP) is 4.45. The maximum atomic E-state index is 13.0. The average molecular weight is 1400 g/mol. The third-order valence-corrected chi connectivity index (χ3v) is 13.1. The number of benzene rings is 3. The van der Waals surface area contributed by atoms with Crippen molar-refractivity contribution in [1.29, 1.82) is 15.8 Å². The van der Waals surface area contributed by atoms with Crippen LogP contribution in [0.4, 0.5) is 45.3 Å². The SMILES string of the molecule is CCOC(=O)c1cn(Cc2ccc3ncc(C(F)(F)F)cc3c2)nc1C#N.CCOC(=O)c1cn[nH]c1C#N.Cc1cc(N)nc(C)c1CNC(=O)c1cn(Cc2ccc3ncc(C(F)(F)F)cc3c2)nc1C#N.FC(F)(F)c1cnc2ccc(CCl)cc2c1.O=CO[O-].[H-].[K+].[K+]. The number of hydrogen-bond donors (Lipinski definition) is 3. The number of ether oxygens (including phenoxy) is 2. The average Bonchev–Trinajstić information content (AvgIpc) is 1.24. The first-order valence-corrected chi connectivity index (χ1v) is 27.5. The number of amides is 1. The summed E-state index contributed by atoms with van der Waals surface area (Å²) in [6, 6.07) is 25.2. The van der Waals surface area contributed by atoms with Crippen LogP contribution < -0.4 is 119 Å². The number of pyridine rings is 4. The molecule has 7 aromatic heterocycles. The Morgan fingerprint density at radius 1 is 0.656 bits per heavy atom. The summed E-state index contributed by atoms with van der Waals surface area (Å²) in [5.74, 6) is -1.00. The summed E-state index contributed by atoms with van der Waals surface area (Å²) in [6.07, 6.45) is -6.83. The molecule has 0 saturated carbocycles. The fourth-order valence-corrected chi connectivity index (χ4v) is 8.68. The number of nitriles is 3.